The zero-order valence-electron chi connectivity index (χ0n) is 13.2. The third kappa shape index (κ3) is 4.28. The van der Waals surface area contributed by atoms with Crippen LogP contribution in [0.15, 0.2) is 17.1 Å². The lowest BCUT2D eigenvalue weighted by atomic mass is 10.1. The van der Waals surface area contributed by atoms with Gasteiger partial charge < -0.3 is 15.4 Å². The number of nitrogens with zero attached hydrogens (tertiary/aromatic N) is 3. The van der Waals surface area contributed by atoms with E-state index in [0.717, 1.165) is 31.6 Å². The van der Waals surface area contributed by atoms with Crippen LogP contribution in [0.25, 0.3) is 0 Å². The lowest BCUT2D eigenvalue weighted by Gasteiger charge is -2.39. The van der Waals surface area contributed by atoms with E-state index in [0.29, 0.717) is 13.2 Å². The molecule has 2 heterocycles. The Morgan fingerprint density at radius 2 is 2.29 bits per heavy atom. The van der Waals surface area contributed by atoms with Crippen LogP contribution in [0.3, 0.4) is 0 Å². The first kappa shape index (κ1) is 16.0. The highest BCUT2D eigenvalue weighted by molar-refractivity contribution is 5.43. The van der Waals surface area contributed by atoms with Gasteiger partial charge in [0, 0.05) is 25.2 Å². The van der Waals surface area contributed by atoms with Gasteiger partial charge in [0.05, 0.1) is 30.6 Å². The van der Waals surface area contributed by atoms with E-state index in [1.807, 2.05) is 0 Å². The Kier molecular flexibility index (Phi) is 5.00. The van der Waals surface area contributed by atoms with E-state index in [1.54, 1.807) is 12.3 Å². The van der Waals surface area contributed by atoms with Gasteiger partial charge in [0.25, 0.3) is 5.56 Å². The Morgan fingerprint density at radius 1 is 1.52 bits per heavy atom. The van der Waals surface area contributed by atoms with Crippen LogP contribution in [-0.2, 0) is 11.3 Å². The van der Waals surface area contributed by atoms with E-state index in [4.69, 9.17) is 10.5 Å². The molecule has 1 fully saturated rings. The number of ether oxygens (including phenoxy) is 1. The Bertz CT molecular complexity index is 527. The second-order valence-electron chi connectivity index (χ2n) is 6.31. The maximum Gasteiger partial charge on any atom is 0.268 e. The van der Waals surface area contributed by atoms with Crippen molar-refractivity contribution in [3.8, 4) is 0 Å². The normalized spacial score (nSPS) is 19.5. The van der Waals surface area contributed by atoms with Gasteiger partial charge in [0.15, 0.2) is 0 Å². The van der Waals surface area contributed by atoms with Crippen molar-refractivity contribution >= 4 is 5.69 Å². The highest BCUT2D eigenvalue weighted by Crippen LogP contribution is 2.21. The molecule has 0 spiro atoms. The maximum atomic E-state index is 12.2. The molecule has 1 aromatic rings. The van der Waals surface area contributed by atoms with Crippen molar-refractivity contribution < 1.29 is 4.74 Å². The fourth-order valence-electron chi connectivity index (χ4n) is 2.66. The summed E-state index contributed by atoms with van der Waals surface area (Å²) in [4.78, 5) is 14.3. The average molecular weight is 294 g/mol. The summed E-state index contributed by atoms with van der Waals surface area (Å²) in [6, 6.07) is 1.63. The summed E-state index contributed by atoms with van der Waals surface area (Å²) in [7, 11) is 0. The largest absolute Gasteiger partial charge is 0.372 e. The monoisotopic (exact) mass is 294 g/mol. The van der Waals surface area contributed by atoms with E-state index in [9.17, 15) is 4.79 Å². The number of anilines is 1. The number of morpholine rings is 1. The van der Waals surface area contributed by atoms with Crippen molar-refractivity contribution in [2.24, 2.45) is 5.73 Å². The molecule has 0 aliphatic carbocycles. The van der Waals surface area contributed by atoms with Crippen LogP contribution in [0.1, 0.15) is 33.6 Å². The molecule has 1 aliphatic heterocycles. The highest BCUT2D eigenvalue weighted by atomic mass is 16.5. The third-order valence-electron chi connectivity index (χ3n) is 3.71. The molecular formula is C15H26N4O2. The second kappa shape index (κ2) is 6.58. The van der Waals surface area contributed by atoms with Crippen LogP contribution in [0.2, 0.25) is 0 Å². The maximum absolute atomic E-state index is 12.2. The van der Waals surface area contributed by atoms with Crippen LogP contribution in [0.4, 0.5) is 5.69 Å². The molecule has 0 amide bonds. The minimum atomic E-state index is -0.198. The van der Waals surface area contributed by atoms with Gasteiger partial charge >= 0.3 is 0 Å². The number of rotatable bonds is 5. The summed E-state index contributed by atoms with van der Waals surface area (Å²) < 4.78 is 7.14. The Balaban J connectivity index is 2.10. The van der Waals surface area contributed by atoms with E-state index < -0.39 is 0 Å². The van der Waals surface area contributed by atoms with Gasteiger partial charge in [-0.25, -0.2) is 4.68 Å². The molecule has 1 atom stereocenters. The smallest absolute Gasteiger partial charge is 0.268 e. The molecule has 1 aromatic heterocycles. The number of aromatic nitrogens is 2. The zero-order valence-corrected chi connectivity index (χ0v) is 13.2. The van der Waals surface area contributed by atoms with Gasteiger partial charge in [0.2, 0.25) is 0 Å². The second-order valence-corrected chi connectivity index (χ2v) is 6.31. The fraction of sp³-hybridized carbons (Fsp3) is 0.733. The third-order valence-corrected chi connectivity index (χ3v) is 3.71. The molecular weight excluding hydrogens is 268 g/mol. The van der Waals surface area contributed by atoms with Crippen molar-refractivity contribution in [2.75, 3.05) is 24.6 Å². The van der Waals surface area contributed by atoms with Gasteiger partial charge in [-0.15, -0.1) is 0 Å². The molecule has 0 bridgehead atoms. The SMILES string of the molecule is CCCC(N)Cn1ncc(N2CCOC(C)(C)C2)cc1=O. The van der Waals surface area contributed by atoms with Gasteiger partial charge in [-0.1, -0.05) is 13.3 Å². The van der Waals surface area contributed by atoms with E-state index in [1.165, 1.54) is 4.68 Å². The lowest BCUT2D eigenvalue weighted by molar-refractivity contribution is -0.0277. The first-order chi connectivity index (χ1) is 9.91. The van der Waals surface area contributed by atoms with E-state index >= 15 is 0 Å². The van der Waals surface area contributed by atoms with Crippen molar-refractivity contribution in [1.82, 2.24) is 9.78 Å². The number of hydrogen-bond donors (Lipinski definition) is 1. The Hall–Kier alpha value is -1.40. The van der Waals surface area contributed by atoms with Gasteiger partial charge in [-0.3, -0.25) is 4.79 Å². The summed E-state index contributed by atoms with van der Waals surface area (Å²) in [6.07, 6.45) is 3.66. The number of hydrogen-bond acceptors (Lipinski definition) is 5. The Labute approximate surface area is 125 Å². The summed E-state index contributed by atoms with van der Waals surface area (Å²) >= 11 is 0. The van der Waals surface area contributed by atoms with Crippen LogP contribution < -0.4 is 16.2 Å². The van der Waals surface area contributed by atoms with E-state index in [-0.39, 0.29) is 17.2 Å². The topological polar surface area (TPSA) is 73.4 Å². The predicted molar refractivity (Wildman–Crippen MR) is 83.6 cm³/mol. The standard InChI is InChI=1S/C15H26N4O2/c1-4-5-12(16)10-19-14(20)8-13(9-17-19)18-6-7-21-15(2,3)11-18/h8-9,12H,4-7,10-11,16H2,1-3H3. The van der Waals surface area contributed by atoms with Gasteiger partial charge in [0.1, 0.15) is 0 Å². The number of nitrogens with two attached hydrogens (primary N) is 1. The molecule has 118 valence electrons. The van der Waals surface area contributed by atoms with Crippen LogP contribution in [-0.4, -0.2) is 41.1 Å². The van der Waals surface area contributed by atoms with Gasteiger partial charge in [-0.2, -0.15) is 5.10 Å². The Morgan fingerprint density at radius 3 is 2.90 bits per heavy atom. The van der Waals surface area contributed by atoms with Crippen molar-refractivity contribution in [3.05, 3.63) is 22.6 Å². The predicted octanol–water partition coefficient (Wildman–Crippen LogP) is 0.986. The molecule has 2 rings (SSSR count). The minimum Gasteiger partial charge on any atom is -0.372 e. The highest BCUT2D eigenvalue weighted by Gasteiger charge is 2.27. The molecule has 0 aromatic carbocycles. The molecule has 21 heavy (non-hydrogen) atoms. The fourth-order valence-corrected chi connectivity index (χ4v) is 2.66. The summed E-state index contributed by atoms with van der Waals surface area (Å²) in [6.45, 7) is 8.87. The lowest BCUT2D eigenvalue weighted by Crippen LogP contribution is -2.48. The van der Waals surface area contributed by atoms with Crippen molar-refractivity contribution in [2.45, 2.75) is 51.8 Å². The molecule has 1 aliphatic rings. The summed E-state index contributed by atoms with van der Waals surface area (Å²) in [5.74, 6) is 0. The molecule has 1 saturated heterocycles. The minimum absolute atomic E-state index is 0.0200. The molecule has 6 nitrogen and oxygen atoms in total. The first-order valence-electron chi connectivity index (χ1n) is 7.63. The van der Waals surface area contributed by atoms with Crippen molar-refractivity contribution in [1.29, 1.82) is 0 Å². The molecule has 6 heteroatoms. The van der Waals surface area contributed by atoms with Crippen LogP contribution in [0, 0.1) is 0 Å². The molecule has 2 N–H and O–H groups in total. The van der Waals surface area contributed by atoms with Crippen molar-refractivity contribution in [3.63, 3.8) is 0 Å². The average Bonchev–Trinajstić information content (AvgIpc) is 2.40. The zero-order chi connectivity index (χ0) is 15.5. The quantitative estimate of drug-likeness (QED) is 0.876. The summed E-state index contributed by atoms with van der Waals surface area (Å²) in [5.41, 5.74) is 6.54. The molecule has 0 radical (unpaired) electrons. The van der Waals surface area contributed by atoms with E-state index in [2.05, 4.69) is 30.8 Å². The van der Waals surface area contributed by atoms with Crippen LogP contribution >= 0.6 is 0 Å². The molecule has 1 unspecified atom stereocenters. The first-order valence-corrected chi connectivity index (χ1v) is 7.63. The molecule has 0 saturated carbocycles. The van der Waals surface area contributed by atoms with Crippen LogP contribution in [0.5, 0.6) is 0 Å². The summed E-state index contributed by atoms with van der Waals surface area (Å²) in [5, 5.41) is 4.27. The van der Waals surface area contributed by atoms with Gasteiger partial charge in [-0.05, 0) is 20.3 Å².